The lowest BCUT2D eigenvalue weighted by atomic mass is 10.2. The number of anilines is 2. The normalized spacial score (nSPS) is 12.0. The van der Waals surface area contributed by atoms with E-state index in [-0.39, 0.29) is 12.1 Å². The Morgan fingerprint density at radius 1 is 1.19 bits per heavy atom. The average Bonchev–Trinajstić information content (AvgIpc) is 2.91. The van der Waals surface area contributed by atoms with Crippen LogP contribution >= 0.6 is 0 Å². The predicted octanol–water partition coefficient (Wildman–Crippen LogP) is 2.63. The molecule has 0 radical (unpaired) electrons. The van der Waals surface area contributed by atoms with Crippen molar-refractivity contribution in [2.24, 2.45) is 5.73 Å². The molecule has 0 amide bonds. The molecule has 3 N–H and O–H groups in total. The van der Waals surface area contributed by atoms with Gasteiger partial charge < -0.3 is 24.9 Å². The largest absolute Gasteiger partial charge is 0.490 e. The Morgan fingerprint density at radius 2 is 1.90 bits per heavy atom. The molecule has 7 nitrogen and oxygen atoms in total. The molecule has 0 aliphatic carbocycles. The highest BCUT2D eigenvalue weighted by molar-refractivity contribution is 5.59. The van der Waals surface area contributed by atoms with Gasteiger partial charge in [-0.2, -0.15) is 0 Å². The number of nitrogens with zero attached hydrogens (tertiary/aromatic N) is 2. The molecule has 0 aliphatic heterocycles. The van der Waals surface area contributed by atoms with Gasteiger partial charge in [0, 0.05) is 11.8 Å². The first-order valence-corrected chi connectivity index (χ1v) is 6.89. The van der Waals surface area contributed by atoms with Crippen molar-refractivity contribution in [3.8, 4) is 11.5 Å². The molecular weight excluding hydrogens is 272 g/mol. The Kier molecular flexibility index (Phi) is 4.99. The molecule has 0 aliphatic rings. The molecule has 2 rings (SSSR count). The summed E-state index contributed by atoms with van der Waals surface area (Å²) in [7, 11) is 0. The van der Waals surface area contributed by atoms with Crippen molar-refractivity contribution in [1.82, 2.24) is 10.2 Å². The van der Waals surface area contributed by atoms with E-state index in [9.17, 15) is 0 Å². The third-order valence-electron chi connectivity index (χ3n) is 2.62. The van der Waals surface area contributed by atoms with E-state index in [0.717, 1.165) is 5.69 Å². The highest BCUT2D eigenvalue weighted by Crippen LogP contribution is 2.31. The summed E-state index contributed by atoms with van der Waals surface area (Å²) in [4.78, 5) is 0. The molecule has 1 heterocycles. The fourth-order valence-electron chi connectivity index (χ4n) is 1.72. The van der Waals surface area contributed by atoms with Gasteiger partial charge in [0.15, 0.2) is 11.5 Å². The summed E-state index contributed by atoms with van der Waals surface area (Å²) < 4.78 is 16.5. The molecule has 7 heteroatoms. The lowest BCUT2D eigenvalue weighted by molar-refractivity contribution is 0.288. The summed E-state index contributed by atoms with van der Waals surface area (Å²) >= 11 is 0. The molecule has 1 atom stereocenters. The Balaban J connectivity index is 2.17. The van der Waals surface area contributed by atoms with Crippen LogP contribution in [-0.4, -0.2) is 23.4 Å². The number of benzene rings is 1. The van der Waals surface area contributed by atoms with Crippen LogP contribution in [0.5, 0.6) is 11.5 Å². The van der Waals surface area contributed by atoms with Gasteiger partial charge in [0.25, 0.3) is 0 Å². The van der Waals surface area contributed by atoms with Crippen LogP contribution in [0.1, 0.15) is 32.7 Å². The standard InChI is InChI=1S/C14H20N4O3/c1-4-19-11-7-6-10(8-12(11)20-5-2)16-14-18-17-13(21-14)9(3)15/h6-9H,4-5,15H2,1-3H3,(H,16,18). The van der Waals surface area contributed by atoms with E-state index in [4.69, 9.17) is 19.6 Å². The minimum Gasteiger partial charge on any atom is -0.490 e. The fraction of sp³-hybridized carbons (Fsp3) is 0.429. The zero-order chi connectivity index (χ0) is 15.2. The number of hydrogen-bond acceptors (Lipinski definition) is 7. The van der Waals surface area contributed by atoms with Crippen LogP contribution < -0.4 is 20.5 Å². The topological polar surface area (TPSA) is 95.4 Å². The van der Waals surface area contributed by atoms with Crippen LogP contribution in [0.25, 0.3) is 0 Å². The van der Waals surface area contributed by atoms with Crippen molar-refractivity contribution in [2.45, 2.75) is 26.8 Å². The molecule has 0 saturated heterocycles. The second-order valence-corrected chi connectivity index (χ2v) is 4.39. The monoisotopic (exact) mass is 292 g/mol. The molecular formula is C14H20N4O3. The van der Waals surface area contributed by atoms with Crippen LogP contribution in [0, 0.1) is 0 Å². The minimum atomic E-state index is -0.299. The number of aromatic nitrogens is 2. The maximum absolute atomic E-state index is 5.68. The zero-order valence-corrected chi connectivity index (χ0v) is 12.4. The number of ether oxygens (including phenoxy) is 2. The summed E-state index contributed by atoms with van der Waals surface area (Å²) in [6.07, 6.45) is 0. The van der Waals surface area contributed by atoms with Crippen molar-refractivity contribution in [3.05, 3.63) is 24.1 Å². The van der Waals surface area contributed by atoms with Crippen LogP contribution in [0.15, 0.2) is 22.6 Å². The van der Waals surface area contributed by atoms with E-state index in [0.29, 0.717) is 30.6 Å². The molecule has 21 heavy (non-hydrogen) atoms. The lowest BCUT2D eigenvalue weighted by Gasteiger charge is -2.12. The lowest BCUT2D eigenvalue weighted by Crippen LogP contribution is -2.04. The average molecular weight is 292 g/mol. The quantitative estimate of drug-likeness (QED) is 0.809. The maximum Gasteiger partial charge on any atom is 0.320 e. The van der Waals surface area contributed by atoms with Crippen LogP contribution in [0.3, 0.4) is 0 Å². The van der Waals surface area contributed by atoms with E-state index in [1.165, 1.54) is 0 Å². The Bertz CT molecular complexity index is 583. The van der Waals surface area contributed by atoms with Gasteiger partial charge in [-0.25, -0.2) is 0 Å². The molecule has 1 aromatic heterocycles. The molecule has 0 bridgehead atoms. The van der Waals surface area contributed by atoms with Gasteiger partial charge in [-0.05, 0) is 32.9 Å². The fourth-order valence-corrected chi connectivity index (χ4v) is 1.72. The second kappa shape index (κ2) is 6.94. The summed E-state index contributed by atoms with van der Waals surface area (Å²) in [5.41, 5.74) is 6.44. The van der Waals surface area contributed by atoms with E-state index < -0.39 is 0 Å². The Morgan fingerprint density at radius 3 is 2.52 bits per heavy atom. The van der Waals surface area contributed by atoms with E-state index in [1.807, 2.05) is 32.0 Å². The van der Waals surface area contributed by atoms with Gasteiger partial charge in [-0.3, -0.25) is 0 Å². The summed E-state index contributed by atoms with van der Waals surface area (Å²) in [5, 5.41) is 10.8. The third kappa shape index (κ3) is 3.85. The molecule has 1 aromatic carbocycles. The molecule has 2 aromatic rings. The van der Waals surface area contributed by atoms with Gasteiger partial charge in [-0.1, -0.05) is 5.10 Å². The minimum absolute atomic E-state index is 0.286. The molecule has 114 valence electrons. The van der Waals surface area contributed by atoms with Crippen molar-refractivity contribution in [3.63, 3.8) is 0 Å². The third-order valence-corrected chi connectivity index (χ3v) is 2.62. The second-order valence-electron chi connectivity index (χ2n) is 4.39. The summed E-state index contributed by atoms with van der Waals surface area (Å²) in [5.74, 6) is 1.75. The van der Waals surface area contributed by atoms with Gasteiger partial charge in [-0.15, -0.1) is 5.10 Å². The van der Waals surface area contributed by atoms with Crippen LogP contribution in [-0.2, 0) is 0 Å². The smallest absolute Gasteiger partial charge is 0.320 e. The highest BCUT2D eigenvalue weighted by Gasteiger charge is 2.11. The first kappa shape index (κ1) is 15.1. The SMILES string of the molecule is CCOc1ccc(Nc2nnc(C(C)N)o2)cc1OCC. The molecule has 0 saturated carbocycles. The van der Waals surface area contributed by atoms with Gasteiger partial charge in [0.05, 0.1) is 19.3 Å². The van der Waals surface area contributed by atoms with Crippen molar-refractivity contribution < 1.29 is 13.9 Å². The number of nitrogens with two attached hydrogens (primary N) is 1. The summed E-state index contributed by atoms with van der Waals surface area (Å²) in [6, 6.07) is 5.49. The maximum atomic E-state index is 5.68. The van der Waals surface area contributed by atoms with Gasteiger partial charge in [0.2, 0.25) is 5.89 Å². The highest BCUT2D eigenvalue weighted by atomic mass is 16.5. The van der Waals surface area contributed by atoms with Gasteiger partial charge >= 0.3 is 6.01 Å². The van der Waals surface area contributed by atoms with Crippen LogP contribution in [0.4, 0.5) is 11.7 Å². The number of nitrogens with one attached hydrogen (secondary N) is 1. The number of hydrogen-bond donors (Lipinski definition) is 2. The molecule has 0 fully saturated rings. The Labute approximate surface area is 123 Å². The van der Waals surface area contributed by atoms with Crippen LogP contribution in [0.2, 0.25) is 0 Å². The number of rotatable bonds is 7. The molecule has 1 unspecified atom stereocenters. The first-order valence-electron chi connectivity index (χ1n) is 6.89. The Hall–Kier alpha value is -2.28. The van der Waals surface area contributed by atoms with Crippen molar-refractivity contribution in [2.75, 3.05) is 18.5 Å². The predicted molar refractivity (Wildman–Crippen MR) is 79.0 cm³/mol. The zero-order valence-electron chi connectivity index (χ0n) is 12.4. The van der Waals surface area contributed by atoms with Crippen molar-refractivity contribution in [1.29, 1.82) is 0 Å². The van der Waals surface area contributed by atoms with E-state index in [1.54, 1.807) is 6.92 Å². The molecule has 0 spiro atoms. The van der Waals surface area contributed by atoms with E-state index in [2.05, 4.69) is 15.5 Å². The van der Waals surface area contributed by atoms with E-state index >= 15 is 0 Å². The van der Waals surface area contributed by atoms with Crippen molar-refractivity contribution >= 4 is 11.7 Å². The van der Waals surface area contributed by atoms with Gasteiger partial charge in [0.1, 0.15) is 0 Å². The summed E-state index contributed by atoms with van der Waals surface area (Å²) in [6.45, 7) is 6.76. The first-order chi connectivity index (χ1) is 10.1.